The molecule has 4 rings (SSSR count). The molecular weight excluding hydrogens is 246 g/mol. The molecule has 3 atom stereocenters. The zero-order valence-corrected chi connectivity index (χ0v) is 11.7. The number of para-hydroxylation sites is 1. The summed E-state index contributed by atoms with van der Waals surface area (Å²) >= 11 is 0. The van der Waals surface area contributed by atoms with Gasteiger partial charge in [0.05, 0.1) is 11.2 Å². The van der Waals surface area contributed by atoms with Gasteiger partial charge in [-0.3, -0.25) is 4.98 Å². The van der Waals surface area contributed by atoms with Gasteiger partial charge in [0.2, 0.25) is 0 Å². The molecule has 1 heterocycles. The number of nitrogens with one attached hydrogen (secondary N) is 1. The minimum atomic E-state index is 0.756. The van der Waals surface area contributed by atoms with Gasteiger partial charge in [-0.25, -0.2) is 0 Å². The highest BCUT2D eigenvalue weighted by atomic mass is 14.9. The van der Waals surface area contributed by atoms with Gasteiger partial charge in [0.25, 0.3) is 0 Å². The highest BCUT2D eigenvalue weighted by Gasteiger charge is 2.39. The Morgan fingerprint density at radius 2 is 2.15 bits per heavy atom. The normalized spacial score (nSPS) is 28.1. The lowest BCUT2D eigenvalue weighted by Gasteiger charge is -2.22. The van der Waals surface area contributed by atoms with Crippen molar-refractivity contribution in [3.05, 3.63) is 30.5 Å². The van der Waals surface area contributed by atoms with Gasteiger partial charge in [-0.2, -0.15) is 0 Å². The number of benzene rings is 1. The summed E-state index contributed by atoms with van der Waals surface area (Å²) in [5, 5.41) is 4.78. The van der Waals surface area contributed by atoms with Crippen molar-refractivity contribution >= 4 is 22.3 Å². The monoisotopic (exact) mass is 267 g/mol. The van der Waals surface area contributed by atoms with Crippen molar-refractivity contribution in [2.75, 3.05) is 17.6 Å². The third-order valence-electron chi connectivity index (χ3n) is 5.24. The van der Waals surface area contributed by atoms with E-state index in [-0.39, 0.29) is 0 Å². The lowest BCUT2D eigenvalue weighted by atomic mass is 9.89. The fourth-order valence-corrected chi connectivity index (χ4v) is 4.22. The second kappa shape index (κ2) is 4.65. The molecule has 0 saturated heterocycles. The minimum absolute atomic E-state index is 0.756. The Morgan fingerprint density at radius 1 is 1.20 bits per heavy atom. The molecule has 0 amide bonds. The average molecular weight is 267 g/mol. The van der Waals surface area contributed by atoms with Crippen LogP contribution in [0.15, 0.2) is 30.5 Å². The van der Waals surface area contributed by atoms with E-state index in [9.17, 15) is 0 Å². The van der Waals surface area contributed by atoms with E-state index in [2.05, 4.69) is 22.4 Å². The molecule has 20 heavy (non-hydrogen) atoms. The maximum absolute atomic E-state index is 6.00. The highest BCUT2D eigenvalue weighted by molar-refractivity contribution is 5.97. The second-order valence-corrected chi connectivity index (χ2v) is 6.42. The predicted molar refractivity (Wildman–Crippen MR) is 83.6 cm³/mol. The lowest BCUT2D eigenvalue weighted by molar-refractivity contribution is 0.348. The molecule has 2 aliphatic rings. The van der Waals surface area contributed by atoms with Crippen LogP contribution < -0.4 is 11.1 Å². The standard InChI is InChI=1S/C17H21N3/c18-15-3-1-2-14-16(6-7-19-17(14)15)20-10-13-9-11-4-5-12(13)8-11/h1-3,6-7,11-13H,4-5,8-10,18H2,(H,19,20). The summed E-state index contributed by atoms with van der Waals surface area (Å²) in [6.07, 6.45) is 7.65. The van der Waals surface area contributed by atoms with Gasteiger partial charge in [0.15, 0.2) is 0 Å². The van der Waals surface area contributed by atoms with Crippen molar-refractivity contribution in [2.45, 2.75) is 25.7 Å². The van der Waals surface area contributed by atoms with E-state index >= 15 is 0 Å². The van der Waals surface area contributed by atoms with Gasteiger partial charge < -0.3 is 11.1 Å². The smallest absolute Gasteiger partial charge is 0.0951 e. The maximum atomic E-state index is 6.00. The summed E-state index contributed by atoms with van der Waals surface area (Å²) in [6, 6.07) is 8.08. The van der Waals surface area contributed by atoms with E-state index in [0.29, 0.717) is 0 Å². The number of nitrogens with zero attached hydrogens (tertiary/aromatic N) is 1. The lowest BCUT2D eigenvalue weighted by Crippen LogP contribution is -2.20. The summed E-state index contributed by atoms with van der Waals surface area (Å²) in [7, 11) is 0. The number of nitrogens with two attached hydrogens (primary N) is 1. The summed E-state index contributed by atoms with van der Waals surface area (Å²) in [5.74, 6) is 2.83. The van der Waals surface area contributed by atoms with Crippen molar-refractivity contribution in [2.24, 2.45) is 17.8 Å². The number of aromatic nitrogens is 1. The number of anilines is 2. The zero-order chi connectivity index (χ0) is 13.5. The molecule has 3 nitrogen and oxygen atoms in total. The van der Waals surface area contributed by atoms with Crippen molar-refractivity contribution in [3.8, 4) is 0 Å². The van der Waals surface area contributed by atoms with E-state index in [1.165, 1.54) is 31.4 Å². The third kappa shape index (κ3) is 1.92. The van der Waals surface area contributed by atoms with Crippen LogP contribution >= 0.6 is 0 Å². The minimum Gasteiger partial charge on any atom is -0.397 e. The van der Waals surface area contributed by atoms with Crippen LogP contribution in [0.4, 0.5) is 11.4 Å². The molecule has 1 aromatic carbocycles. The molecule has 1 aromatic heterocycles. The van der Waals surface area contributed by atoms with Crippen LogP contribution in [-0.2, 0) is 0 Å². The SMILES string of the molecule is Nc1cccc2c(NCC3CC4CCC3C4)ccnc12. The molecule has 0 spiro atoms. The summed E-state index contributed by atoms with van der Waals surface area (Å²) in [6.45, 7) is 1.09. The van der Waals surface area contributed by atoms with Gasteiger partial charge in [0.1, 0.15) is 0 Å². The molecule has 2 fully saturated rings. The van der Waals surface area contributed by atoms with Crippen molar-refractivity contribution in [3.63, 3.8) is 0 Å². The molecule has 0 radical (unpaired) electrons. The first kappa shape index (κ1) is 12.0. The average Bonchev–Trinajstić information content (AvgIpc) is 3.08. The van der Waals surface area contributed by atoms with Crippen LogP contribution in [0.3, 0.4) is 0 Å². The molecule has 2 aromatic rings. The van der Waals surface area contributed by atoms with E-state index in [1.807, 2.05) is 18.3 Å². The second-order valence-electron chi connectivity index (χ2n) is 6.42. The molecule has 2 saturated carbocycles. The summed E-state index contributed by atoms with van der Waals surface area (Å²) in [4.78, 5) is 4.39. The quantitative estimate of drug-likeness (QED) is 0.834. The van der Waals surface area contributed by atoms with Gasteiger partial charge in [-0.1, -0.05) is 18.6 Å². The van der Waals surface area contributed by atoms with Crippen molar-refractivity contribution in [1.29, 1.82) is 0 Å². The summed E-state index contributed by atoms with van der Waals surface area (Å²) < 4.78 is 0. The van der Waals surface area contributed by atoms with Crippen LogP contribution in [0.25, 0.3) is 10.9 Å². The fourth-order valence-electron chi connectivity index (χ4n) is 4.22. The van der Waals surface area contributed by atoms with Crippen LogP contribution in [0.5, 0.6) is 0 Å². The van der Waals surface area contributed by atoms with Crippen LogP contribution in [0.1, 0.15) is 25.7 Å². The molecule has 2 aliphatic carbocycles. The van der Waals surface area contributed by atoms with Crippen LogP contribution in [0, 0.1) is 17.8 Å². The predicted octanol–water partition coefficient (Wildman–Crippen LogP) is 3.67. The van der Waals surface area contributed by atoms with Crippen LogP contribution in [-0.4, -0.2) is 11.5 Å². The number of fused-ring (bicyclic) bond motifs is 3. The first-order valence-corrected chi connectivity index (χ1v) is 7.68. The first-order valence-electron chi connectivity index (χ1n) is 7.68. The van der Waals surface area contributed by atoms with Gasteiger partial charge in [-0.15, -0.1) is 0 Å². The van der Waals surface area contributed by atoms with Crippen molar-refractivity contribution < 1.29 is 0 Å². The molecular formula is C17H21N3. The Balaban J connectivity index is 1.55. The van der Waals surface area contributed by atoms with E-state index < -0.39 is 0 Å². The fraction of sp³-hybridized carbons (Fsp3) is 0.471. The van der Waals surface area contributed by atoms with Crippen molar-refractivity contribution in [1.82, 2.24) is 4.98 Å². The molecule has 104 valence electrons. The molecule has 3 N–H and O–H groups in total. The molecule has 2 bridgehead atoms. The Labute approximate surface area is 119 Å². The number of rotatable bonds is 3. The Morgan fingerprint density at radius 3 is 2.95 bits per heavy atom. The number of hydrogen-bond acceptors (Lipinski definition) is 3. The third-order valence-corrected chi connectivity index (χ3v) is 5.24. The summed E-state index contributed by atoms with van der Waals surface area (Å²) in [5.41, 5.74) is 8.84. The Hall–Kier alpha value is -1.77. The number of nitrogen functional groups attached to an aromatic ring is 1. The van der Waals surface area contributed by atoms with E-state index in [0.717, 1.165) is 40.9 Å². The highest BCUT2D eigenvalue weighted by Crippen LogP contribution is 2.48. The van der Waals surface area contributed by atoms with Gasteiger partial charge >= 0.3 is 0 Å². The maximum Gasteiger partial charge on any atom is 0.0951 e. The first-order chi connectivity index (χ1) is 9.81. The van der Waals surface area contributed by atoms with Gasteiger partial charge in [-0.05, 0) is 49.1 Å². The van der Waals surface area contributed by atoms with Crippen LogP contribution in [0.2, 0.25) is 0 Å². The molecule has 3 heteroatoms. The Bertz CT molecular complexity index is 637. The topological polar surface area (TPSA) is 50.9 Å². The van der Waals surface area contributed by atoms with Gasteiger partial charge in [0, 0.05) is 23.8 Å². The molecule has 3 unspecified atom stereocenters. The van der Waals surface area contributed by atoms with E-state index in [1.54, 1.807) is 0 Å². The Kier molecular flexibility index (Phi) is 2.79. The molecule has 0 aliphatic heterocycles. The number of pyridine rings is 1. The zero-order valence-electron chi connectivity index (χ0n) is 11.7. The number of hydrogen-bond donors (Lipinski definition) is 2. The largest absolute Gasteiger partial charge is 0.397 e. The van der Waals surface area contributed by atoms with E-state index in [4.69, 9.17) is 5.73 Å².